The van der Waals surface area contributed by atoms with Gasteiger partial charge in [-0.2, -0.15) is 0 Å². The standard InChI is InChI=1S/C7H6N2O3S/c10-13(11,12)6-4-7-8-2-1-3-9(7)5-6/h1-3,5H,4H2. The van der Waals surface area contributed by atoms with Gasteiger partial charge in [0.2, 0.25) is 0 Å². The van der Waals surface area contributed by atoms with Crippen molar-refractivity contribution in [2.45, 2.75) is 6.42 Å². The number of hydrogen-bond acceptors (Lipinski definition) is 4. The van der Waals surface area contributed by atoms with Crippen molar-refractivity contribution in [1.82, 2.24) is 4.98 Å². The zero-order valence-corrected chi connectivity index (χ0v) is 7.36. The van der Waals surface area contributed by atoms with Crippen molar-refractivity contribution in [2.24, 2.45) is 0 Å². The van der Waals surface area contributed by atoms with Crippen LogP contribution < -0.4 is 4.57 Å². The van der Waals surface area contributed by atoms with Gasteiger partial charge >= 0.3 is 5.82 Å². The van der Waals surface area contributed by atoms with E-state index < -0.39 is 10.1 Å². The van der Waals surface area contributed by atoms with Crippen molar-refractivity contribution in [3.05, 3.63) is 29.2 Å². The average molecular weight is 198 g/mol. The van der Waals surface area contributed by atoms with E-state index in [0.29, 0.717) is 5.82 Å². The third-order valence-corrected chi connectivity index (χ3v) is 2.68. The highest BCUT2D eigenvalue weighted by Gasteiger charge is 2.24. The SMILES string of the molecule is O=S(=O)([O-])C1=C[n+]2cccnc2C1. The summed E-state index contributed by atoms with van der Waals surface area (Å²) >= 11 is 0. The first-order chi connectivity index (χ1) is 6.07. The molecule has 5 nitrogen and oxygen atoms in total. The molecule has 6 heteroatoms. The fourth-order valence-corrected chi connectivity index (χ4v) is 1.73. The van der Waals surface area contributed by atoms with Gasteiger partial charge in [0.1, 0.15) is 22.5 Å². The molecule has 0 unspecified atom stereocenters. The molecule has 1 aromatic heterocycles. The number of rotatable bonds is 1. The molecule has 0 spiro atoms. The van der Waals surface area contributed by atoms with Gasteiger partial charge in [-0.3, -0.25) is 0 Å². The Kier molecular flexibility index (Phi) is 1.67. The highest BCUT2D eigenvalue weighted by molar-refractivity contribution is 7.89. The van der Waals surface area contributed by atoms with Gasteiger partial charge in [0, 0.05) is 6.07 Å². The van der Waals surface area contributed by atoms with E-state index in [1.807, 2.05) is 0 Å². The molecule has 0 saturated carbocycles. The molecule has 13 heavy (non-hydrogen) atoms. The zero-order valence-electron chi connectivity index (χ0n) is 6.54. The van der Waals surface area contributed by atoms with Crippen LogP contribution in [-0.2, 0) is 16.5 Å². The monoisotopic (exact) mass is 198 g/mol. The second-order valence-corrected chi connectivity index (χ2v) is 4.10. The van der Waals surface area contributed by atoms with Crippen LogP contribution in [0.4, 0.5) is 0 Å². The summed E-state index contributed by atoms with van der Waals surface area (Å²) in [6.07, 6.45) is 4.60. The molecule has 0 aliphatic carbocycles. The smallest absolute Gasteiger partial charge is 0.308 e. The molecule has 0 aromatic carbocycles. The van der Waals surface area contributed by atoms with E-state index in [4.69, 9.17) is 0 Å². The van der Waals surface area contributed by atoms with E-state index in [1.54, 1.807) is 18.5 Å². The third kappa shape index (κ3) is 1.45. The van der Waals surface area contributed by atoms with Crippen molar-refractivity contribution in [3.63, 3.8) is 0 Å². The number of nitrogens with zero attached hydrogens (tertiary/aromatic N) is 2. The summed E-state index contributed by atoms with van der Waals surface area (Å²) in [7, 11) is -4.32. The highest BCUT2D eigenvalue weighted by atomic mass is 32.2. The van der Waals surface area contributed by atoms with Crippen molar-refractivity contribution >= 4 is 16.3 Å². The molecule has 0 N–H and O–H groups in total. The summed E-state index contributed by atoms with van der Waals surface area (Å²) < 4.78 is 33.4. The van der Waals surface area contributed by atoms with Gasteiger partial charge in [0.05, 0.1) is 17.5 Å². The van der Waals surface area contributed by atoms with Gasteiger partial charge in [-0.05, 0) is 0 Å². The molecule has 0 fully saturated rings. The minimum atomic E-state index is -4.32. The largest absolute Gasteiger partial charge is 0.744 e. The van der Waals surface area contributed by atoms with Crippen LogP contribution in [0.2, 0.25) is 0 Å². The van der Waals surface area contributed by atoms with Gasteiger partial charge in [-0.1, -0.05) is 4.98 Å². The molecule has 2 heterocycles. The number of aromatic nitrogens is 2. The minimum Gasteiger partial charge on any atom is -0.744 e. The molecule has 68 valence electrons. The van der Waals surface area contributed by atoms with Gasteiger partial charge < -0.3 is 4.55 Å². The summed E-state index contributed by atoms with van der Waals surface area (Å²) in [5, 5.41) is 0. The lowest BCUT2D eigenvalue weighted by molar-refractivity contribution is -0.575. The van der Waals surface area contributed by atoms with E-state index >= 15 is 0 Å². The molecule has 0 radical (unpaired) electrons. The lowest BCUT2D eigenvalue weighted by Gasteiger charge is -2.02. The van der Waals surface area contributed by atoms with Gasteiger partial charge in [0.15, 0.2) is 0 Å². The maximum atomic E-state index is 10.6. The summed E-state index contributed by atoms with van der Waals surface area (Å²) in [4.78, 5) is 3.80. The van der Waals surface area contributed by atoms with Crippen LogP contribution in [0, 0.1) is 0 Å². The van der Waals surface area contributed by atoms with Crippen LogP contribution in [0.25, 0.3) is 6.20 Å². The molecule has 2 rings (SSSR count). The molecular formula is C7H6N2O3S. The summed E-state index contributed by atoms with van der Waals surface area (Å²) in [5.74, 6) is 0.567. The highest BCUT2D eigenvalue weighted by Crippen LogP contribution is 2.13. The van der Waals surface area contributed by atoms with E-state index in [9.17, 15) is 13.0 Å². The normalized spacial score (nSPS) is 15.3. The second kappa shape index (κ2) is 2.61. The van der Waals surface area contributed by atoms with Crippen LogP contribution in [0.1, 0.15) is 5.82 Å². The van der Waals surface area contributed by atoms with Crippen LogP contribution in [0.15, 0.2) is 23.4 Å². The van der Waals surface area contributed by atoms with Gasteiger partial charge in [-0.15, -0.1) is 0 Å². The van der Waals surface area contributed by atoms with Gasteiger partial charge in [-0.25, -0.2) is 13.0 Å². The first-order valence-electron chi connectivity index (χ1n) is 3.59. The Balaban J connectivity index is 2.48. The Morgan fingerprint density at radius 1 is 1.54 bits per heavy atom. The molecular weight excluding hydrogens is 192 g/mol. The number of allylic oxidation sites excluding steroid dienone is 1. The molecule has 1 aliphatic rings. The maximum absolute atomic E-state index is 10.6. The summed E-state index contributed by atoms with van der Waals surface area (Å²) in [5.41, 5.74) is 0. The lowest BCUT2D eigenvalue weighted by atomic mass is 10.4. The van der Waals surface area contributed by atoms with Crippen LogP contribution in [0.3, 0.4) is 0 Å². The van der Waals surface area contributed by atoms with E-state index in [2.05, 4.69) is 4.98 Å². The Hall–Kier alpha value is -1.27. The Morgan fingerprint density at radius 3 is 2.92 bits per heavy atom. The number of hydrogen-bond donors (Lipinski definition) is 0. The Morgan fingerprint density at radius 2 is 2.31 bits per heavy atom. The van der Waals surface area contributed by atoms with Crippen LogP contribution in [-0.4, -0.2) is 18.0 Å². The molecule has 0 atom stereocenters. The van der Waals surface area contributed by atoms with Crippen LogP contribution in [0.5, 0.6) is 0 Å². The summed E-state index contributed by atoms with van der Waals surface area (Å²) in [6.45, 7) is 0. The predicted molar refractivity (Wildman–Crippen MR) is 42.1 cm³/mol. The van der Waals surface area contributed by atoms with E-state index in [-0.39, 0.29) is 11.3 Å². The molecule has 0 amide bonds. The Bertz CT molecular complexity index is 478. The molecule has 0 saturated heterocycles. The topological polar surface area (TPSA) is 74.0 Å². The molecule has 1 aromatic rings. The van der Waals surface area contributed by atoms with E-state index in [0.717, 1.165) is 0 Å². The van der Waals surface area contributed by atoms with Crippen molar-refractivity contribution in [2.75, 3.05) is 0 Å². The lowest BCUT2D eigenvalue weighted by Crippen LogP contribution is -2.28. The predicted octanol–water partition coefficient (Wildman–Crippen LogP) is -0.731. The average Bonchev–Trinajstić information content (AvgIpc) is 2.45. The quantitative estimate of drug-likeness (QED) is 0.440. The molecule has 1 aliphatic heterocycles. The minimum absolute atomic E-state index is 0.0900. The first-order valence-corrected chi connectivity index (χ1v) is 5.00. The zero-order chi connectivity index (χ0) is 9.47. The second-order valence-electron chi connectivity index (χ2n) is 2.67. The first kappa shape index (κ1) is 8.33. The Labute approximate surface area is 75.1 Å². The van der Waals surface area contributed by atoms with Crippen molar-refractivity contribution < 1.29 is 17.5 Å². The van der Waals surface area contributed by atoms with Crippen molar-refractivity contribution in [3.8, 4) is 0 Å². The van der Waals surface area contributed by atoms with Crippen molar-refractivity contribution in [1.29, 1.82) is 0 Å². The van der Waals surface area contributed by atoms with Crippen LogP contribution >= 0.6 is 0 Å². The summed E-state index contributed by atoms with van der Waals surface area (Å²) in [6, 6.07) is 1.67. The van der Waals surface area contributed by atoms with E-state index in [1.165, 1.54) is 10.8 Å². The fraction of sp³-hybridized carbons (Fsp3) is 0.143. The fourth-order valence-electron chi connectivity index (χ4n) is 1.18. The number of fused-ring (bicyclic) bond motifs is 1. The third-order valence-electron chi connectivity index (χ3n) is 1.79. The van der Waals surface area contributed by atoms with Gasteiger partial charge in [0.25, 0.3) is 0 Å². The molecule has 0 bridgehead atoms. The maximum Gasteiger partial charge on any atom is 0.308 e.